The molecule has 0 fully saturated rings. The fraction of sp³-hybridized carbons (Fsp3) is 0.154. The summed E-state index contributed by atoms with van der Waals surface area (Å²) < 4.78 is 1.14. The third kappa shape index (κ3) is 1.77. The van der Waals surface area contributed by atoms with Crippen LogP contribution in [-0.4, -0.2) is 29.8 Å². The fourth-order valence-electron chi connectivity index (χ4n) is 2.03. The lowest BCUT2D eigenvalue weighted by Gasteiger charge is -2.11. The lowest BCUT2D eigenvalue weighted by Crippen LogP contribution is -1.97. The molecule has 2 heterocycles. The number of fused-ring (bicyclic) bond motifs is 1. The molecule has 0 spiro atoms. The van der Waals surface area contributed by atoms with E-state index in [1.165, 1.54) is 6.33 Å². The fourth-order valence-corrected chi connectivity index (χ4v) is 2.34. The molecule has 3 aromatic rings. The van der Waals surface area contributed by atoms with E-state index in [1.807, 2.05) is 13.8 Å². The van der Waals surface area contributed by atoms with Gasteiger partial charge in [-0.15, -0.1) is 0 Å². The summed E-state index contributed by atoms with van der Waals surface area (Å²) in [7, 11) is 0. The highest BCUT2D eigenvalue weighted by Gasteiger charge is 2.20. The van der Waals surface area contributed by atoms with E-state index in [4.69, 9.17) is 11.6 Å². The monoisotopic (exact) mass is 290 g/mol. The molecule has 0 aliphatic heterocycles. The highest BCUT2D eigenvalue weighted by atomic mass is 35.5. The number of hydrogen-bond donors (Lipinski definition) is 2. The van der Waals surface area contributed by atoms with Gasteiger partial charge in [0.15, 0.2) is 0 Å². The minimum absolute atomic E-state index is 0.115. The molecule has 1 aromatic carbocycles. The summed E-state index contributed by atoms with van der Waals surface area (Å²) in [6.07, 6.45) is 1.24. The highest BCUT2D eigenvalue weighted by molar-refractivity contribution is 6.33. The van der Waals surface area contributed by atoms with Crippen molar-refractivity contribution in [2.24, 2.45) is 0 Å². The van der Waals surface area contributed by atoms with Gasteiger partial charge in [-0.2, -0.15) is 19.6 Å². The molecule has 0 unspecified atom stereocenters. The number of hydrogen-bond acceptors (Lipinski definition) is 5. The van der Waals surface area contributed by atoms with Crippen LogP contribution in [-0.2, 0) is 0 Å². The van der Waals surface area contributed by atoms with Gasteiger partial charge in [0.2, 0.25) is 11.8 Å². The first kappa shape index (κ1) is 12.7. The molecule has 0 saturated heterocycles. The van der Waals surface area contributed by atoms with Crippen LogP contribution >= 0.6 is 11.6 Å². The van der Waals surface area contributed by atoms with E-state index in [2.05, 4.69) is 15.1 Å². The summed E-state index contributed by atoms with van der Waals surface area (Å²) in [6.45, 7) is 3.86. The summed E-state index contributed by atoms with van der Waals surface area (Å²) in [5, 5.41) is 24.6. The number of halogens is 1. The second kappa shape index (κ2) is 4.35. The molecule has 0 bridgehead atoms. The number of aryl methyl sites for hydroxylation is 2. The molecule has 20 heavy (non-hydrogen) atoms. The van der Waals surface area contributed by atoms with Gasteiger partial charge in [0, 0.05) is 10.6 Å². The molecule has 0 radical (unpaired) electrons. The van der Waals surface area contributed by atoms with E-state index in [-0.39, 0.29) is 23.1 Å². The van der Waals surface area contributed by atoms with Crippen molar-refractivity contribution < 1.29 is 10.2 Å². The summed E-state index contributed by atoms with van der Waals surface area (Å²) in [4.78, 5) is 7.71. The number of aromatic nitrogens is 4. The molecule has 2 aromatic heterocycles. The van der Waals surface area contributed by atoms with E-state index < -0.39 is 0 Å². The Morgan fingerprint density at radius 2 is 1.85 bits per heavy atom. The molecular weight excluding hydrogens is 280 g/mol. The Kier molecular flexibility index (Phi) is 2.76. The van der Waals surface area contributed by atoms with Crippen LogP contribution in [0.2, 0.25) is 5.02 Å². The van der Waals surface area contributed by atoms with Crippen molar-refractivity contribution >= 4 is 17.4 Å². The molecule has 0 atom stereocenters. The van der Waals surface area contributed by atoms with Gasteiger partial charge in [-0.3, -0.25) is 0 Å². The molecule has 0 amide bonds. The van der Waals surface area contributed by atoms with Gasteiger partial charge in [-0.05, 0) is 37.1 Å². The Morgan fingerprint density at radius 1 is 1.15 bits per heavy atom. The molecule has 7 heteroatoms. The molecule has 0 aliphatic rings. The molecule has 0 aliphatic carbocycles. The van der Waals surface area contributed by atoms with Gasteiger partial charge in [0.05, 0.1) is 0 Å². The van der Waals surface area contributed by atoms with E-state index in [0.717, 1.165) is 15.6 Å². The molecule has 2 N–H and O–H groups in total. The lowest BCUT2D eigenvalue weighted by molar-refractivity contribution is 0.416. The van der Waals surface area contributed by atoms with E-state index in [9.17, 15) is 10.2 Å². The predicted octanol–water partition coefficient (Wildman–Crippen LogP) is 2.47. The maximum atomic E-state index is 10.3. The molecular formula is C13H11ClN4O2. The number of rotatable bonds is 1. The molecule has 6 nitrogen and oxygen atoms in total. The quantitative estimate of drug-likeness (QED) is 0.719. The Balaban J connectivity index is 2.37. The number of nitrogens with zero attached hydrogens (tertiary/aromatic N) is 4. The van der Waals surface area contributed by atoms with Crippen molar-refractivity contribution in [3.8, 4) is 22.9 Å². The van der Waals surface area contributed by atoms with Crippen molar-refractivity contribution in [1.29, 1.82) is 0 Å². The minimum atomic E-state index is -0.340. The predicted molar refractivity (Wildman–Crippen MR) is 74.0 cm³/mol. The lowest BCUT2D eigenvalue weighted by atomic mass is 10.0. The van der Waals surface area contributed by atoms with Gasteiger partial charge in [0.1, 0.15) is 11.9 Å². The Morgan fingerprint density at radius 3 is 2.60 bits per heavy atom. The Hall–Kier alpha value is -2.34. The summed E-state index contributed by atoms with van der Waals surface area (Å²) in [5.41, 5.74) is 2.64. The zero-order chi connectivity index (χ0) is 14.4. The highest BCUT2D eigenvalue weighted by Crippen LogP contribution is 2.40. The SMILES string of the molecule is Cc1cc(Cl)c(-c2c(O)nc3ncnn3c2O)cc1C. The summed E-state index contributed by atoms with van der Waals surface area (Å²) in [5.74, 6) is -0.480. The van der Waals surface area contributed by atoms with Gasteiger partial charge >= 0.3 is 0 Å². The van der Waals surface area contributed by atoms with Gasteiger partial charge in [0.25, 0.3) is 5.78 Å². The molecule has 3 rings (SSSR count). The van der Waals surface area contributed by atoms with E-state index >= 15 is 0 Å². The zero-order valence-corrected chi connectivity index (χ0v) is 11.5. The summed E-state index contributed by atoms with van der Waals surface area (Å²) in [6, 6.07) is 3.56. The molecule has 102 valence electrons. The number of aromatic hydroxyl groups is 2. The van der Waals surface area contributed by atoms with Gasteiger partial charge in [-0.1, -0.05) is 11.6 Å². The first-order chi connectivity index (χ1) is 9.49. The van der Waals surface area contributed by atoms with Crippen LogP contribution in [0.1, 0.15) is 11.1 Å². The smallest absolute Gasteiger partial charge is 0.258 e. The average Bonchev–Trinajstić information content (AvgIpc) is 2.83. The van der Waals surface area contributed by atoms with Crippen molar-refractivity contribution in [3.63, 3.8) is 0 Å². The second-order valence-corrected chi connectivity index (χ2v) is 4.93. The number of benzene rings is 1. The van der Waals surface area contributed by atoms with Crippen LogP contribution in [0.15, 0.2) is 18.5 Å². The molecule has 0 saturated carbocycles. The zero-order valence-electron chi connectivity index (χ0n) is 10.8. The average molecular weight is 291 g/mol. The third-order valence-electron chi connectivity index (χ3n) is 3.24. The van der Waals surface area contributed by atoms with Crippen LogP contribution < -0.4 is 0 Å². The Bertz CT molecular complexity index is 829. The van der Waals surface area contributed by atoms with E-state index in [0.29, 0.717) is 10.6 Å². The largest absolute Gasteiger partial charge is 0.493 e. The van der Waals surface area contributed by atoms with Gasteiger partial charge < -0.3 is 10.2 Å². The maximum absolute atomic E-state index is 10.3. The van der Waals surface area contributed by atoms with Crippen LogP contribution in [0.5, 0.6) is 11.8 Å². The summed E-state index contributed by atoms with van der Waals surface area (Å²) >= 11 is 6.21. The van der Waals surface area contributed by atoms with Gasteiger partial charge in [-0.25, -0.2) is 0 Å². The van der Waals surface area contributed by atoms with E-state index in [1.54, 1.807) is 12.1 Å². The van der Waals surface area contributed by atoms with Crippen molar-refractivity contribution in [1.82, 2.24) is 19.6 Å². The van der Waals surface area contributed by atoms with Crippen LogP contribution in [0.4, 0.5) is 0 Å². The van der Waals surface area contributed by atoms with Crippen molar-refractivity contribution in [2.75, 3.05) is 0 Å². The van der Waals surface area contributed by atoms with Crippen LogP contribution in [0.3, 0.4) is 0 Å². The Labute approximate surface area is 119 Å². The third-order valence-corrected chi connectivity index (χ3v) is 3.55. The maximum Gasteiger partial charge on any atom is 0.258 e. The minimum Gasteiger partial charge on any atom is -0.493 e. The van der Waals surface area contributed by atoms with Crippen molar-refractivity contribution in [2.45, 2.75) is 13.8 Å². The van der Waals surface area contributed by atoms with Crippen LogP contribution in [0.25, 0.3) is 16.9 Å². The first-order valence-corrected chi connectivity index (χ1v) is 6.25. The normalized spacial score (nSPS) is 11.2. The standard InChI is InChI=1S/C13H11ClN4O2/c1-6-3-8(9(14)4-7(6)2)10-11(19)17-13-15-5-16-18(13)12(10)20/h3-5,20H,1-2H3,(H,15,16,17,19). The van der Waals surface area contributed by atoms with Crippen molar-refractivity contribution in [3.05, 3.63) is 34.6 Å². The van der Waals surface area contributed by atoms with Crippen LogP contribution in [0, 0.1) is 13.8 Å². The second-order valence-electron chi connectivity index (χ2n) is 4.52. The topological polar surface area (TPSA) is 83.5 Å². The first-order valence-electron chi connectivity index (χ1n) is 5.88.